The number of nitrogens with zero attached hydrogens (tertiary/aromatic N) is 1. The van der Waals surface area contributed by atoms with Gasteiger partial charge in [0.15, 0.2) is 0 Å². The summed E-state index contributed by atoms with van der Waals surface area (Å²) in [4.78, 5) is 11.3. The SMILES string of the molecule is CC(CC#N)NC(=O)CNC(C)(C)C. The minimum absolute atomic E-state index is 0.0597. The molecule has 4 nitrogen and oxygen atoms in total. The zero-order chi connectivity index (χ0) is 11.2. The molecule has 14 heavy (non-hydrogen) atoms. The van der Waals surface area contributed by atoms with Crippen molar-refractivity contribution in [1.29, 1.82) is 5.26 Å². The second-order valence-electron chi connectivity index (χ2n) is 4.43. The normalized spacial score (nSPS) is 13.1. The molecular formula is C10H19N3O. The molecule has 0 aliphatic rings. The Bertz CT molecular complexity index is 225. The molecule has 0 heterocycles. The molecule has 0 aromatic heterocycles. The Morgan fingerprint density at radius 2 is 2.07 bits per heavy atom. The molecule has 1 atom stereocenters. The van der Waals surface area contributed by atoms with Crippen LogP contribution in [0.25, 0.3) is 0 Å². The monoisotopic (exact) mass is 197 g/mol. The average Bonchev–Trinajstić information content (AvgIpc) is 2.00. The Morgan fingerprint density at radius 1 is 1.50 bits per heavy atom. The number of rotatable bonds is 4. The molecule has 0 aromatic carbocycles. The standard InChI is InChI=1S/C10H19N3O/c1-8(5-6-11)13-9(14)7-12-10(2,3)4/h8,12H,5,7H2,1-4H3,(H,13,14). The number of carbonyl (C=O) groups excluding carboxylic acids is 1. The summed E-state index contributed by atoms with van der Waals surface area (Å²) < 4.78 is 0. The summed E-state index contributed by atoms with van der Waals surface area (Å²) in [5.41, 5.74) is -0.0597. The molecule has 0 saturated heterocycles. The highest BCUT2D eigenvalue weighted by molar-refractivity contribution is 5.78. The zero-order valence-electron chi connectivity index (χ0n) is 9.35. The van der Waals surface area contributed by atoms with Crippen LogP contribution in [-0.2, 0) is 4.79 Å². The summed E-state index contributed by atoms with van der Waals surface area (Å²) in [7, 11) is 0. The molecule has 0 spiro atoms. The highest BCUT2D eigenvalue weighted by Gasteiger charge is 2.12. The molecule has 0 fully saturated rings. The van der Waals surface area contributed by atoms with E-state index in [-0.39, 0.29) is 17.5 Å². The maximum Gasteiger partial charge on any atom is 0.234 e. The fourth-order valence-electron chi connectivity index (χ4n) is 0.859. The van der Waals surface area contributed by atoms with E-state index in [0.29, 0.717) is 13.0 Å². The molecule has 1 amide bonds. The molecule has 0 aliphatic heterocycles. The fraction of sp³-hybridized carbons (Fsp3) is 0.800. The number of amides is 1. The molecule has 1 unspecified atom stereocenters. The third kappa shape index (κ3) is 7.56. The second-order valence-corrected chi connectivity index (χ2v) is 4.43. The maximum absolute atomic E-state index is 11.3. The van der Waals surface area contributed by atoms with Crippen LogP contribution in [0.15, 0.2) is 0 Å². The van der Waals surface area contributed by atoms with Gasteiger partial charge in [-0.05, 0) is 27.7 Å². The van der Waals surface area contributed by atoms with Crippen LogP contribution in [0.1, 0.15) is 34.1 Å². The van der Waals surface area contributed by atoms with Crippen LogP contribution < -0.4 is 10.6 Å². The van der Waals surface area contributed by atoms with Gasteiger partial charge in [0.25, 0.3) is 0 Å². The average molecular weight is 197 g/mol. The van der Waals surface area contributed by atoms with Crippen molar-refractivity contribution in [2.24, 2.45) is 0 Å². The van der Waals surface area contributed by atoms with Crippen LogP contribution in [0.4, 0.5) is 0 Å². The number of nitriles is 1. The van der Waals surface area contributed by atoms with Gasteiger partial charge in [-0.15, -0.1) is 0 Å². The molecule has 2 N–H and O–H groups in total. The highest BCUT2D eigenvalue weighted by Crippen LogP contribution is 1.97. The summed E-state index contributed by atoms with van der Waals surface area (Å²) in [5, 5.41) is 14.2. The van der Waals surface area contributed by atoms with Crippen molar-refractivity contribution < 1.29 is 4.79 Å². The first-order chi connectivity index (χ1) is 6.35. The van der Waals surface area contributed by atoms with Gasteiger partial charge in [0.2, 0.25) is 5.91 Å². The van der Waals surface area contributed by atoms with E-state index in [2.05, 4.69) is 10.6 Å². The topological polar surface area (TPSA) is 64.9 Å². The Labute approximate surface area is 85.7 Å². The first kappa shape index (κ1) is 12.9. The smallest absolute Gasteiger partial charge is 0.234 e. The van der Waals surface area contributed by atoms with E-state index in [1.54, 1.807) is 0 Å². The molecule has 80 valence electrons. The van der Waals surface area contributed by atoms with Crippen LogP contribution in [0.3, 0.4) is 0 Å². The maximum atomic E-state index is 11.3. The number of hydrogen-bond donors (Lipinski definition) is 2. The summed E-state index contributed by atoms with van der Waals surface area (Å²) in [6.45, 7) is 8.11. The van der Waals surface area contributed by atoms with Crippen LogP contribution in [0.2, 0.25) is 0 Å². The number of carbonyl (C=O) groups is 1. The van der Waals surface area contributed by atoms with Gasteiger partial charge >= 0.3 is 0 Å². The van der Waals surface area contributed by atoms with E-state index in [1.807, 2.05) is 33.8 Å². The Balaban J connectivity index is 3.72. The Kier molecular flexibility index (Phi) is 5.18. The van der Waals surface area contributed by atoms with Crippen molar-refractivity contribution in [2.75, 3.05) is 6.54 Å². The van der Waals surface area contributed by atoms with Gasteiger partial charge in [-0.25, -0.2) is 0 Å². The van der Waals surface area contributed by atoms with Crippen molar-refractivity contribution in [2.45, 2.75) is 45.7 Å². The summed E-state index contributed by atoms with van der Waals surface area (Å²) in [6.07, 6.45) is 0.348. The molecule has 0 aliphatic carbocycles. The molecule has 0 bridgehead atoms. The van der Waals surface area contributed by atoms with E-state index in [1.165, 1.54) is 0 Å². The van der Waals surface area contributed by atoms with Gasteiger partial charge in [-0.2, -0.15) is 5.26 Å². The largest absolute Gasteiger partial charge is 0.352 e. The fourth-order valence-corrected chi connectivity index (χ4v) is 0.859. The van der Waals surface area contributed by atoms with Crippen LogP contribution >= 0.6 is 0 Å². The molecular weight excluding hydrogens is 178 g/mol. The third-order valence-corrected chi connectivity index (χ3v) is 1.58. The first-order valence-electron chi connectivity index (χ1n) is 4.76. The van der Waals surface area contributed by atoms with E-state index in [9.17, 15) is 4.79 Å². The molecule has 0 saturated carbocycles. The summed E-state index contributed by atoms with van der Waals surface area (Å²) in [6, 6.07) is 1.94. The zero-order valence-corrected chi connectivity index (χ0v) is 9.35. The van der Waals surface area contributed by atoms with E-state index in [0.717, 1.165) is 0 Å². The first-order valence-corrected chi connectivity index (χ1v) is 4.76. The lowest BCUT2D eigenvalue weighted by Crippen LogP contribution is -2.45. The third-order valence-electron chi connectivity index (χ3n) is 1.58. The van der Waals surface area contributed by atoms with Crippen LogP contribution in [-0.4, -0.2) is 24.0 Å². The second kappa shape index (κ2) is 5.61. The molecule has 0 rings (SSSR count). The lowest BCUT2D eigenvalue weighted by Gasteiger charge is -2.20. The van der Waals surface area contributed by atoms with Crippen molar-refractivity contribution in [3.8, 4) is 6.07 Å². The highest BCUT2D eigenvalue weighted by atomic mass is 16.1. The minimum Gasteiger partial charge on any atom is -0.352 e. The number of hydrogen-bond acceptors (Lipinski definition) is 3. The van der Waals surface area contributed by atoms with Gasteiger partial charge in [-0.3, -0.25) is 4.79 Å². The Morgan fingerprint density at radius 3 is 2.50 bits per heavy atom. The molecule has 0 radical (unpaired) electrons. The Hall–Kier alpha value is -1.08. The molecule has 0 aromatic rings. The molecule has 4 heteroatoms. The lowest BCUT2D eigenvalue weighted by atomic mass is 10.1. The van der Waals surface area contributed by atoms with Gasteiger partial charge in [0, 0.05) is 11.6 Å². The van der Waals surface area contributed by atoms with Crippen LogP contribution in [0, 0.1) is 11.3 Å². The van der Waals surface area contributed by atoms with Crippen molar-refractivity contribution in [3.63, 3.8) is 0 Å². The van der Waals surface area contributed by atoms with Crippen molar-refractivity contribution in [1.82, 2.24) is 10.6 Å². The van der Waals surface area contributed by atoms with E-state index >= 15 is 0 Å². The number of nitrogens with one attached hydrogen (secondary N) is 2. The van der Waals surface area contributed by atoms with Crippen molar-refractivity contribution >= 4 is 5.91 Å². The van der Waals surface area contributed by atoms with Gasteiger partial charge in [0.1, 0.15) is 0 Å². The summed E-state index contributed by atoms with van der Waals surface area (Å²) >= 11 is 0. The lowest BCUT2D eigenvalue weighted by molar-refractivity contribution is -0.121. The van der Waals surface area contributed by atoms with Crippen LogP contribution in [0.5, 0.6) is 0 Å². The van der Waals surface area contributed by atoms with Gasteiger partial charge in [-0.1, -0.05) is 0 Å². The van der Waals surface area contributed by atoms with Gasteiger partial charge in [0.05, 0.1) is 19.0 Å². The van der Waals surface area contributed by atoms with Crippen molar-refractivity contribution in [3.05, 3.63) is 0 Å². The minimum atomic E-state index is -0.0748. The predicted molar refractivity (Wildman–Crippen MR) is 55.6 cm³/mol. The van der Waals surface area contributed by atoms with Gasteiger partial charge < -0.3 is 10.6 Å². The van der Waals surface area contributed by atoms with E-state index in [4.69, 9.17) is 5.26 Å². The summed E-state index contributed by atoms with van der Waals surface area (Å²) in [5.74, 6) is -0.0670. The quantitative estimate of drug-likeness (QED) is 0.700. The predicted octanol–water partition coefficient (Wildman–Crippen LogP) is 0.793. The van der Waals surface area contributed by atoms with E-state index < -0.39 is 0 Å².